The number of hydrogen-bond donors (Lipinski definition) is 1. The van der Waals surface area contributed by atoms with Crippen molar-refractivity contribution in [1.29, 1.82) is 0 Å². The maximum atomic E-state index is 5.98. The summed E-state index contributed by atoms with van der Waals surface area (Å²) in [6.07, 6.45) is 3.15. The van der Waals surface area contributed by atoms with Crippen molar-refractivity contribution in [3.8, 4) is 0 Å². The summed E-state index contributed by atoms with van der Waals surface area (Å²) in [5.74, 6) is 2.11. The number of likely N-dealkylation sites (N-methyl/N-ethyl adjacent to an activating group) is 1. The summed E-state index contributed by atoms with van der Waals surface area (Å²) in [6, 6.07) is 0.392. The highest BCUT2D eigenvalue weighted by molar-refractivity contribution is 4.97. The van der Waals surface area contributed by atoms with Crippen LogP contribution in [0.5, 0.6) is 0 Å². The standard InChI is InChI=1S/C14H26N4O/c1-6-15-12(7-13-16-8-17-18(13)5)14-9(2)10(3)19-11(14)4/h8-12,14-15H,6-7H2,1-5H3. The highest BCUT2D eigenvalue weighted by atomic mass is 16.5. The average molecular weight is 266 g/mol. The lowest BCUT2D eigenvalue weighted by atomic mass is 9.82. The maximum absolute atomic E-state index is 5.98. The number of ether oxygens (including phenoxy) is 1. The first kappa shape index (κ1) is 14.5. The minimum Gasteiger partial charge on any atom is -0.375 e. The van der Waals surface area contributed by atoms with Crippen molar-refractivity contribution in [1.82, 2.24) is 20.1 Å². The first-order valence-electron chi connectivity index (χ1n) is 7.26. The lowest BCUT2D eigenvalue weighted by Gasteiger charge is -2.29. The Hall–Kier alpha value is -0.940. The van der Waals surface area contributed by atoms with Gasteiger partial charge in [-0.2, -0.15) is 5.10 Å². The first-order valence-corrected chi connectivity index (χ1v) is 7.26. The molecular weight excluding hydrogens is 240 g/mol. The van der Waals surface area contributed by atoms with Crippen LogP contribution in [0.4, 0.5) is 0 Å². The number of hydrogen-bond acceptors (Lipinski definition) is 4. The van der Waals surface area contributed by atoms with E-state index in [1.54, 1.807) is 6.33 Å². The third-order valence-corrected chi connectivity index (χ3v) is 4.46. The molecule has 2 heterocycles. The van der Waals surface area contributed by atoms with E-state index >= 15 is 0 Å². The molecule has 5 atom stereocenters. The molecule has 1 aromatic heterocycles. The van der Waals surface area contributed by atoms with Gasteiger partial charge in [0.25, 0.3) is 0 Å². The van der Waals surface area contributed by atoms with Gasteiger partial charge >= 0.3 is 0 Å². The van der Waals surface area contributed by atoms with Crippen molar-refractivity contribution in [3.63, 3.8) is 0 Å². The van der Waals surface area contributed by atoms with Gasteiger partial charge in [-0.05, 0) is 26.3 Å². The fourth-order valence-corrected chi connectivity index (χ4v) is 3.30. The maximum Gasteiger partial charge on any atom is 0.138 e. The molecular formula is C14H26N4O. The number of nitrogens with one attached hydrogen (secondary N) is 1. The van der Waals surface area contributed by atoms with Crippen molar-refractivity contribution in [2.24, 2.45) is 18.9 Å². The van der Waals surface area contributed by atoms with E-state index in [9.17, 15) is 0 Å². The summed E-state index contributed by atoms with van der Waals surface area (Å²) in [4.78, 5) is 4.35. The Labute approximate surface area is 115 Å². The van der Waals surface area contributed by atoms with Crippen LogP contribution >= 0.6 is 0 Å². The van der Waals surface area contributed by atoms with E-state index in [0.29, 0.717) is 30.1 Å². The van der Waals surface area contributed by atoms with Gasteiger partial charge < -0.3 is 10.1 Å². The topological polar surface area (TPSA) is 52.0 Å². The molecule has 19 heavy (non-hydrogen) atoms. The predicted molar refractivity (Wildman–Crippen MR) is 74.8 cm³/mol. The van der Waals surface area contributed by atoms with Crippen LogP contribution < -0.4 is 5.32 Å². The highest BCUT2D eigenvalue weighted by Crippen LogP contribution is 2.35. The molecule has 5 unspecified atom stereocenters. The zero-order valence-electron chi connectivity index (χ0n) is 12.6. The van der Waals surface area contributed by atoms with Gasteiger partial charge in [-0.1, -0.05) is 13.8 Å². The molecule has 0 aromatic carbocycles. The van der Waals surface area contributed by atoms with Gasteiger partial charge in [0.05, 0.1) is 12.2 Å². The van der Waals surface area contributed by atoms with Crippen LogP contribution in [-0.4, -0.2) is 39.6 Å². The number of rotatable bonds is 5. The van der Waals surface area contributed by atoms with Crippen LogP contribution in [0.25, 0.3) is 0 Å². The van der Waals surface area contributed by atoms with Gasteiger partial charge in [-0.15, -0.1) is 0 Å². The van der Waals surface area contributed by atoms with Crippen molar-refractivity contribution in [2.45, 2.75) is 52.4 Å². The Kier molecular flexibility index (Phi) is 4.58. The van der Waals surface area contributed by atoms with Crippen molar-refractivity contribution in [2.75, 3.05) is 6.54 Å². The third-order valence-electron chi connectivity index (χ3n) is 4.46. The fourth-order valence-electron chi connectivity index (χ4n) is 3.30. The van der Waals surface area contributed by atoms with Gasteiger partial charge in [0.1, 0.15) is 12.2 Å². The molecule has 108 valence electrons. The molecule has 1 N–H and O–H groups in total. The van der Waals surface area contributed by atoms with Crippen LogP contribution in [0.15, 0.2) is 6.33 Å². The zero-order chi connectivity index (χ0) is 14.0. The summed E-state index contributed by atoms with van der Waals surface area (Å²) in [5.41, 5.74) is 0. The van der Waals surface area contributed by atoms with Gasteiger partial charge in [0.2, 0.25) is 0 Å². The zero-order valence-corrected chi connectivity index (χ0v) is 12.6. The second-order valence-corrected chi connectivity index (χ2v) is 5.65. The molecule has 0 radical (unpaired) electrons. The van der Waals surface area contributed by atoms with Crippen LogP contribution in [0.3, 0.4) is 0 Å². The summed E-state index contributed by atoms with van der Waals surface area (Å²) < 4.78 is 7.84. The molecule has 0 spiro atoms. The first-order chi connectivity index (χ1) is 9.04. The number of aromatic nitrogens is 3. The molecule has 0 bridgehead atoms. The fraction of sp³-hybridized carbons (Fsp3) is 0.857. The van der Waals surface area contributed by atoms with Gasteiger partial charge in [-0.3, -0.25) is 4.68 Å². The molecule has 2 rings (SSSR count). The monoisotopic (exact) mass is 266 g/mol. The molecule has 5 heteroatoms. The van der Waals surface area contributed by atoms with E-state index < -0.39 is 0 Å². The molecule has 0 saturated carbocycles. The van der Waals surface area contributed by atoms with E-state index in [2.05, 4.69) is 43.1 Å². The van der Waals surface area contributed by atoms with Crippen LogP contribution in [-0.2, 0) is 18.2 Å². The molecule has 1 saturated heterocycles. The summed E-state index contributed by atoms with van der Waals surface area (Å²) in [6.45, 7) is 9.77. The van der Waals surface area contributed by atoms with E-state index in [1.165, 1.54) is 0 Å². The number of nitrogens with zero attached hydrogens (tertiary/aromatic N) is 3. The Balaban J connectivity index is 2.13. The molecule has 0 aliphatic carbocycles. The Bertz CT molecular complexity index is 406. The minimum atomic E-state index is 0.294. The molecule has 0 amide bonds. The smallest absolute Gasteiger partial charge is 0.138 e. The van der Waals surface area contributed by atoms with Crippen molar-refractivity contribution < 1.29 is 4.74 Å². The lowest BCUT2D eigenvalue weighted by Crippen LogP contribution is -2.43. The van der Waals surface area contributed by atoms with E-state index in [4.69, 9.17) is 4.74 Å². The Morgan fingerprint density at radius 2 is 2.11 bits per heavy atom. The lowest BCUT2D eigenvalue weighted by molar-refractivity contribution is 0.0475. The predicted octanol–water partition coefficient (Wildman–Crippen LogP) is 1.40. The van der Waals surface area contributed by atoms with Crippen LogP contribution in [0, 0.1) is 11.8 Å². The summed E-state index contributed by atoms with van der Waals surface area (Å²) in [7, 11) is 1.95. The van der Waals surface area contributed by atoms with Crippen molar-refractivity contribution in [3.05, 3.63) is 12.2 Å². The van der Waals surface area contributed by atoms with Crippen LogP contribution in [0.1, 0.15) is 33.5 Å². The number of aryl methyl sites for hydroxylation is 1. The molecule has 1 aliphatic heterocycles. The second kappa shape index (κ2) is 6.01. The molecule has 1 aromatic rings. The van der Waals surface area contributed by atoms with Gasteiger partial charge in [0, 0.05) is 25.4 Å². The van der Waals surface area contributed by atoms with E-state index in [0.717, 1.165) is 18.8 Å². The normalized spacial score (nSPS) is 32.7. The van der Waals surface area contributed by atoms with Gasteiger partial charge in [0.15, 0.2) is 0 Å². The molecule has 5 nitrogen and oxygen atoms in total. The Morgan fingerprint density at radius 3 is 2.58 bits per heavy atom. The Morgan fingerprint density at radius 1 is 1.37 bits per heavy atom. The van der Waals surface area contributed by atoms with Crippen LogP contribution in [0.2, 0.25) is 0 Å². The quantitative estimate of drug-likeness (QED) is 0.875. The van der Waals surface area contributed by atoms with E-state index in [-0.39, 0.29) is 0 Å². The third kappa shape index (κ3) is 2.98. The van der Waals surface area contributed by atoms with Crippen molar-refractivity contribution >= 4 is 0 Å². The average Bonchev–Trinajstić information content (AvgIpc) is 2.85. The van der Waals surface area contributed by atoms with Gasteiger partial charge in [-0.25, -0.2) is 4.98 Å². The van der Waals surface area contributed by atoms with E-state index in [1.807, 2.05) is 11.7 Å². The largest absolute Gasteiger partial charge is 0.375 e. The molecule has 1 aliphatic rings. The SMILES string of the molecule is CCNC(Cc1ncnn1C)C1C(C)OC(C)C1C. The second-order valence-electron chi connectivity index (χ2n) is 5.65. The summed E-state index contributed by atoms with van der Waals surface area (Å²) in [5, 5.41) is 7.77. The minimum absolute atomic E-state index is 0.294. The molecule has 1 fully saturated rings. The highest BCUT2D eigenvalue weighted by Gasteiger charge is 2.41. The summed E-state index contributed by atoms with van der Waals surface area (Å²) >= 11 is 0.